The molecule has 0 saturated carbocycles. The Labute approximate surface area is 110 Å². The Kier molecular flexibility index (Phi) is 2.91. The van der Waals surface area contributed by atoms with Crippen LogP contribution in [-0.2, 0) is 4.74 Å². The van der Waals surface area contributed by atoms with E-state index in [9.17, 15) is 4.79 Å². The summed E-state index contributed by atoms with van der Waals surface area (Å²) in [5, 5.41) is 0.971. The SMILES string of the molecule is Cc1c(C(N)=O)oc2cccc(N3CCOCC3)c12. The van der Waals surface area contributed by atoms with Crippen molar-refractivity contribution in [1.82, 2.24) is 0 Å². The molecule has 0 spiro atoms. The summed E-state index contributed by atoms with van der Waals surface area (Å²) >= 11 is 0. The summed E-state index contributed by atoms with van der Waals surface area (Å²) in [6.45, 7) is 4.99. The van der Waals surface area contributed by atoms with Gasteiger partial charge in [-0.3, -0.25) is 4.79 Å². The number of carbonyl (C=O) groups is 1. The first-order chi connectivity index (χ1) is 9.18. The summed E-state index contributed by atoms with van der Waals surface area (Å²) in [6.07, 6.45) is 0. The van der Waals surface area contributed by atoms with Gasteiger partial charge in [0.25, 0.3) is 5.91 Å². The van der Waals surface area contributed by atoms with Gasteiger partial charge in [-0.15, -0.1) is 0 Å². The molecule has 2 aromatic rings. The summed E-state index contributed by atoms with van der Waals surface area (Å²) in [5.74, 6) is -0.280. The quantitative estimate of drug-likeness (QED) is 0.892. The third kappa shape index (κ3) is 1.96. The fourth-order valence-corrected chi connectivity index (χ4v) is 2.58. The first-order valence-corrected chi connectivity index (χ1v) is 6.33. The van der Waals surface area contributed by atoms with E-state index in [4.69, 9.17) is 14.9 Å². The zero-order valence-corrected chi connectivity index (χ0v) is 10.8. The number of nitrogens with zero attached hydrogens (tertiary/aromatic N) is 1. The van der Waals surface area contributed by atoms with Gasteiger partial charge in [0, 0.05) is 29.7 Å². The molecule has 0 radical (unpaired) electrons. The number of nitrogens with two attached hydrogens (primary N) is 1. The number of amides is 1. The first kappa shape index (κ1) is 12.0. The van der Waals surface area contributed by atoms with Crippen molar-refractivity contribution in [2.24, 2.45) is 5.73 Å². The third-order valence-electron chi connectivity index (χ3n) is 3.51. The van der Waals surface area contributed by atoms with Crippen LogP contribution in [0.25, 0.3) is 11.0 Å². The Morgan fingerprint density at radius 3 is 2.74 bits per heavy atom. The minimum atomic E-state index is -0.526. The number of hydrogen-bond donors (Lipinski definition) is 1. The Morgan fingerprint density at radius 2 is 2.05 bits per heavy atom. The van der Waals surface area contributed by atoms with Crippen LogP contribution in [0.2, 0.25) is 0 Å². The standard InChI is InChI=1S/C14H16N2O3/c1-9-12-10(16-5-7-18-8-6-16)3-2-4-11(12)19-13(9)14(15)17/h2-4H,5-8H2,1H3,(H2,15,17). The number of morpholine rings is 1. The largest absolute Gasteiger partial charge is 0.451 e. The summed E-state index contributed by atoms with van der Waals surface area (Å²) in [6, 6.07) is 5.83. The normalized spacial score (nSPS) is 15.9. The van der Waals surface area contributed by atoms with E-state index in [-0.39, 0.29) is 5.76 Å². The van der Waals surface area contributed by atoms with Crippen molar-refractivity contribution < 1.29 is 13.9 Å². The maximum Gasteiger partial charge on any atom is 0.284 e. The third-order valence-corrected chi connectivity index (χ3v) is 3.51. The molecule has 2 N–H and O–H groups in total. The zero-order chi connectivity index (χ0) is 13.4. The topological polar surface area (TPSA) is 68.7 Å². The molecule has 1 aromatic carbocycles. The van der Waals surface area contributed by atoms with Gasteiger partial charge >= 0.3 is 0 Å². The highest BCUT2D eigenvalue weighted by Crippen LogP contribution is 2.33. The number of benzene rings is 1. The van der Waals surface area contributed by atoms with Crippen LogP contribution in [0.15, 0.2) is 22.6 Å². The lowest BCUT2D eigenvalue weighted by Gasteiger charge is -2.29. The van der Waals surface area contributed by atoms with Gasteiger partial charge < -0.3 is 19.8 Å². The van der Waals surface area contributed by atoms with Crippen molar-refractivity contribution in [2.45, 2.75) is 6.92 Å². The molecule has 0 unspecified atom stereocenters. The maximum atomic E-state index is 11.4. The van der Waals surface area contributed by atoms with Gasteiger partial charge in [-0.1, -0.05) is 6.07 Å². The van der Waals surface area contributed by atoms with Gasteiger partial charge in [0.15, 0.2) is 5.76 Å². The highest BCUT2D eigenvalue weighted by Gasteiger charge is 2.21. The summed E-state index contributed by atoms with van der Waals surface area (Å²) in [4.78, 5) is 13.6. The van der Waals surface area contributed by atoms with Gasteiger partial charge in [0.05, 0.1) is 13.2 Å². The Morgan fingerprint density at radius 1 is 1.32 bits per heavy atom. The van der Waals surface area contributed by atoms with Crippen molar-refractivity contribution in [2.75, 3.05) is 31.2 Å². The molecule has 0 atom stereocenters. The van der Waals surface area contributed by atoms with E-state index < -0.39 is 5.91 Å². The average molecular weight is 260 g/mol. The number of rotatable bonds is 2. The van der Waals surface area contributed by atoms with Gasteiger partial charge in [-0.2, -0.15) is 0 Å². The molecule has 5 nitrogen and oxygen atoms in total. The van der Waals surface area contributed by atoms with Crippen LogP contribution < -0.4 is 10.6 Å². The second-order valence-electron chi connectivity index (χ2n) is 4.67. The van der Waals surface area contributed by atoms with Crippen LogP contribution in [-0.4, -0.2) is 32.2 Å². The number of hydrogen-bond acceptors (Lipinski definition) is 4. The molecule has 1 aliphatic rings. The fourth-order valence-electron chi connectivity index (χ4n) is 2.58. The van der Waals surface area contributed by atoms with Gasteiger partial charge in [0.2, 0.25) is 0 Å². The lowest BCUT2D eigenvalue weighted by molar-refractivity contribution is 0.0975. The van der Waals surface area contributed by atoms with E-state index in [0.29, 0.717) is 5.58 Å². The number of ether oxygens (including phenoxy) is 1. The first-order valence-electron chi connectivity index (χ1n) is 6.33. The number of fused-ring (bicyclic) bond motifs is 1. The lowest BCUT2D eigenvalue weighted by Crippen LogP contribution is -2.36. The van der Waals surface area contributed by atoms with Gasteiger partial charge in [0.1, 0.15) is 5.58 Å². The van der Waals surface area contributed by atoms with E-state index in [1.807, 2.05) is 25.1 Å². The summed E-state index contributed by atoms with van der Waals surface area (Å²) in [5.41, 5.74) is 7.93. The zero-order valence-electron chi connectivity index (χ0n) is 10.8. The van der Waals surface area contributed by atoms with Crippen molar-refractivity contribution in [1.29, 1.82) is 0 Å². The number of carbonyl (C=O) groups excluding carboxylic acids is 1. The van der Waals surface area contributed by atoms with Crippen molar-refractivity contribution in [3.63, 3.8) is 0 Å². The van der Waals surface area contributed by atoms with Crippen molar-refractivity contribution >= 4 is 22.6 Å². The van der Waals surface area contributed by atoms with Crippen LogP contribution in [0.4, 0.5) is 5.69 Å². The van der Waals surface area contributed by atoms with E-state index in [2.05, 4.69) is 4.90 Å². The summed E-state index contributed by atoms with van der Waals surface area (Å²) in [7, 11) is 0. The molecule has 1 aromatic heterocycles. The van der Waals surface area contributed by atoms with E-state index in [0.717, 1.165) is 42.9 Å². The molecule has 100 valence electrons. The fraction of sp³-hybridized carbons (Fsp3) is 0.357. The molecular formula is C14H16N2O3. The van der Waals surface area contributed by atoms with Crippen LogP contribution in [0.3, 0.4) is 0 Å². The molecule has 2 heterocycles. The lowest BCUT2D eigenvalue weighted by atomic mass is 10.1. The average Bonchev–Trinajstić information content (AvgIpc) is 2.78. The maximum absolute atomic E-state index is 11.4. The van der Waals surface area contributed by atoms with Gasteiger partial charge in [-0.05, 0) is 19.1 Å². The van der Waals surface area contributed by atoms with E-state index in [1.54, 1.807) is 0 Å². The minimum Gasteiger partial charge on any atom is -0.451 e. The number of furan rings is 1. The second-order valence-corrected chi connectivity index (χ2v) is 4.67. The minimum absolute atomic E-state index is 0.246. The molecule has 19 heavy (non-hydrogen) atoms. The van der Waals surface area contributed by atoms with Crippen LogP contribution in [0, 0.1) is 6.92 Å². The predicted octanol–water partition coefficient (Wildman–Crippen LogP) is 1.68. The van der Waals surface area contributed by atoms with Crippen LogP contribution >= 0.6 is 0 Å². The highest BCUT2D eigenvalue weighted by atomic mass is 16.5. The second kappa shape index (κ2) is 4.59. The van der Waals surface area contributed by atoms with Crippen LogP contribution in [0.1, 0.15) is 16.1 Å². The highest BCUT2D eigenvalue weighted by molar-refractivity contribution is 6.02. The number of anilines is 1. The molecule has 5 heteroatoms. The van der Waals surface area contributed by atoms with E-state index in [1.165, 1.54) is 0 Å². The monoisotopic (exact) mass is 260 g/mol. The van der Waals surface area contributed by atoms with E-state index >= 15 is 0 Å². The molecule has 1 amide bonds. The molecule has 3 rings (SSSR count). The number of aryl methyl sites for hydroxylation is 1. The Bertz CT molecular complexity index is 627. The van der Waals surface area contributed by atoms with Crippen molar-refractivity contribution in [3.8, 4) is 0 Å². The number of primary amides is 1. The molecule has 1 saturated heterocycles. The van der Waals surface area contributed by atoms with Crippen molar-refractivity contribution in [3.05, 3.63) is 29.5 Å². The summed E-state index contributed by atoms with van der Waals surface area (Å²) < 4.78 is 10.9. The molecule has 1 aliphatic heterocycles. The Hall–Kier alpha value is -2.01. The van der Waals surface area contributed by atoms with Gasteiger partial charge in [-0.25, -0.2) is 0 Å². The smallest absolute Gasteiger partial charge is 0.284 e. The molecular weight excluding hydrogens is 244 g/mol. The van der Waals surface area contributed by atoms with Crippen LogP contribution in [0.5, 0.6) is 0 Å². The Balaban J connectivity index is 2.16. The predicted molar refractivity (Wildman–Crippen MR) is 72.5 cm³/mol. The molecule has 0 aliphatic carbocycles. The molecule has 1 fully saturated rings. The molecule has 0 bridgehead atoms.